The maximum Gasteiger partial charge on any atom is 0.280 e. The lowest BCUT2D eigenvalue weighted by molar-refractivity contribution is 0.199. The van der Waals surface area contributed by atoms with Crippen LogP contribution in [0.15, 0.2) is 35.0 Å². The van der Waals surface area contributed by atoms with Gasteiger partial charge in [-0.15, -0.1) is 5.10 Å². The molecule has 1 aromatic carbocycles. The molecule has 2 heterocycles. The Hall–Kier alpha value is -2.25. The van der Waals surface area contributed by atoms with Gasteiger partial charge in [0.05, 0.1) is 19.3 Å². The van der Waals surface area contributed by atoms with Gasteiger partial charge < -0.3 is 9.26 Å². The van der Waals surface area contributed by atoms with E-state index in [9.17, 15) is 0 Å². The largest absolute Gasteiger partial charge is 0.384 e. The van der Waals surface area contributed by atoms with E-state index in [4.69, 9.17) is 20.9 Å². The molecule has 0 N–H and O–H groups in total. The highest BCUT2D eigenvalue weighted by molar-refractivity contribution is 6.30. The molecule has 0 radical (unpaired) electrons. The molecule has 0 aliphatic rings. The van der Waals surface area contributed by atoms with Gasteiger partial charge in [0.1, 0.15) is 0 Å². The van der Waals surface area contributed by atoms with Crippen molar-refractivity contribution in [3.8, 4) is 11.6 Å². The van der Waals surface area contributed by atoms with Crippen LogP contribution in [0.25, 0.3) is 11.6 Å². The summed E-state index contributed by atoms with van der Waals surface area (Å²) in [4.78, 5) is 4.26. The summed E-state index contributed by atoms with van der Waals surface area (Å²) < 4.78 is 11.8. The second kappa shape index (κ2) is 6.67. The zero-order valence-electron chi connectivity index (χ0n) is 11.9. The minimum Gasteiger partial charge on any atom is -0.384 e. The lowest BCUT2D eigenvalue weighted by Gasteiger charge is -2.00. The average molecular weight is 320 g/mol. The minimum absolute atomic E-state index is 0.350. The van der Waals surface area contributed by atoms with Crippen molar-refractivity contribution in [1.29, 1.82) is 0 Å². The molecule has 0 bridgehead atoms. The van der Waals surface area contributed by atoms with Crippen LogP contribution in [0.1, 0.15) is 11.4 Å². The Labute approximate surface area is 131 Å². The molecule has 3 rings (SSSR count). The van der Waals surface area contributed by atoms with E-state index in [0.29, 0.717) is 42.0 Å². The molecule has 0 aliphatic carbocycles. The van der Waals surface area contributed by atoms with E-state index in [1.54, 1.807) is 18.0 Å². The molecule has 0 spiro atoms. The Morgan fingerprint density at radius 2 is 2.27 bits per heavy atom. The van der Waals surface area contributed by atoms with E-state index >= 15 is 0 Å². The van der Waals surface area contributed by atoms with Gasteiger partial charge in [0.15, 0.2) is 11.5 Å². The van der Waals surface area contributed by atoms with E-state index in [1.807, 2.05) is 24.3 Å². The number of nitrogens with zero attached hydrogens (tertiary/aromatic N) is 5. The van der Waals surface area contributed by atoms with E-state index in [0.717, 1.165) is 5.56 Å². The van der Waals surface area contributed by atoms with Crippen LogP contribution >= 0.6 is 11.6 Å². The number of rotatable bonds is 6. The number of hydrogen-bond donors (Lipinski definition) is 0. The third-order valence-electron chi connectivity index (χ3n) is 2.99. The Bertz CT molecular complexity index is 755. The van der Waals surface area contributed by atoms with Crippen molar-refractivity contribution in [2.45, 2.75) is 13.0 Å². The second-order valence-electron chi connectivity index (χ2n) is 4.69. The predicted octanol–water partition coefficient (Wildman–Crippen LogP) is 2.22. The van der Waals surface area contributed by atoms with Gasteiger partial charge in [-0.1, -0.05) is 34.1 Å². The van der Waals surface area contributed by atoms with Crippen molar-refractivity contribution in [2.75, 3.05) is 13.7 Å². The van der Waals surface area contributed by atoms with E-state index in [-0.39, 0.29) is 0 Å². The summed E-state index contributed by atoms with van der Waals surface area (Å²) in [6, 6.07) is 7.59. The molecule has 0 fully saturated rings. The molecule has 0 saturated heterocycles. The molecular weight excluding hydrogens is 306 g/mol. The first-order valence-corrected chi connectivity index (χ1v) is 7.09. The molecule has 2 aromatic heterocycles. The molecule has 3 aromatic rings. The Balaban J connectivity index is 1.72. The summed E-state index contributed by atoms with van der Waals surface area (Å²) in [5.74, 6) is 0.935. The van der Waals surface area contributed by atoms with Crippen molar-refractivity contribution in [2.24, 2.45) is 0 Å². The number of aromatic nitrogens is 5. The standard InChI is InChI=1S/C14H14ClN5O2/c1-21-6-5-13-16-14(22-18-13)12-9-20(19-17-12)8-10-3-2-4-11(15)7-10/h2-4,7,9H,5-6,8H2,1H3. The molecule has 0 amide bonds. The Kier molecular flexibility index (Phi) is 4.45. The van der Waals surface area contributed by atoms with Gasteiger partial charge in [-0.3, -0.25) is 0 Å². The molecule has 0 saturated carbocycles. The van der Waals surface area contributed by atoms with E-state index in [1.165, 1.54) is 0 Å². The molecular formula is C14H14ClN5O2. The third kappa shape index (κ3) is 3.49. The van der Waals surface area contributed by atoms with Crippen molar-refractivity contribution in [3.63, 3.8) is 0 Å². The van der Waals surface area contributed by atoms with Crippen LogP contribution in [0.5, 0.6) is 0 Å². The fourth-order valence-electron chi connectivity index (χ4n) is 1.95. The summed E-state index contributed by atoms with van der Waals surface area (Å²) in [7, 11) is 1.63. The zero-order valence-corrected chi connectivity index (χ0v) is 12.7. The van der Waals surface area contributed by atoms with Gasteiger partial charge in [0, 0.05) is 18.6 Å². The van der Waals surface area contributed by atoms with Gasteiger partial charge in [0.25, 0.3) is 5.89 Å². The highest BCUT2D eigenvalue weighted by Crippen LogP contribution is 2.15. The SMILES string of the molecule is COCCc1noc(-c2cn(Cc3cccc(Cl)c3)nn2)n1. The lowest BCUT2D eigenvalue weighted by atomic mass is 10.2. The van der Waals surface area contributed by atoms with Crippen LogP contribution in [-0.2, 0) is 17.7 Å². The predicted molar refractivity (Wildman–Crippen MR) is 79.4 cm³/mol. The summed E-state index contributed by atoms with van der Waals surface area (Å²) in [6.45, 7) is 1.11. The Morgan fingerprint density at radius 3 is 3.09 bits per heavy atom. The first-order valence-electron chi connectivity index (χ1n) is 6.71. The highest BCUT2D eigenvalue weighted by Gasteiger charge is 2.12. The van der Waals surface area contributed by atoms with Crippen molar-refractivity contribution in [1.82, 2.24) is 25.1 Å². The van der Waals surface area contributed by atoms with Crippen LogP contribution in [0, 0.1) is 0 Å². The molecule has 114 valence electrons. The van der Waals surface area contributed by atoms with Crippen molar-refractivity contribution < 1.29 is 9.26 Å². The number of ether oxygens (including phenoxy) is 1. The van der Waals surface area contributed by atoms with Crippen molar-refractivity contribution >= 4 is 11.6 Å². The van der Waals surface area contributed by atoms with E-state index in [2.05, 4.69) is 20.5 Å². The van der Waals surface area contributed by atoms with Gasteiger partial charge in [-0.05, 0) is 17.7 Å². The smallest absolute Gasteiger partial charge is 0.280 e. The average Bonchev–Trinajstić information content (AvgIpc) is 3.14. The summed E-state index contributed by atoms with van der Waals surface area (Å²) >= 11 is 5.97. The maximum absolute atomic E-state index is 5.97. The van der Waals surface area contributed by atoms with Crippen LogP contribution in [0.2, 0.25) is 5.02 Å². The molecule has 0 aliphatic heterocycles. The molecule has 8 heteroatoms. The van der Waals surface area contributed by atoms with Crippen LogP contribution in [0.4, 0.5) is 0 Å². The first kappa shape index (κ1) is 14.7. The first-order chi connectivity index (χ1) is 10.7. The van der Waals surface area contributed by atoms with Crippen LogP contribution in [0.3, 0.4) is 0 Å². The van der Waals surface area contributed by atoms with Crippen LogP contribution < -0.4 is 0 Å². The molecule has 0 unspecified atom stereocenters. The zero-order chi connectivity index (χ0) is 15.4. The van der Waals surface area contributed by atoms with E-state index < -0.39 is 0 Å². The minimum atomic E-state index is 0.350. The number of benzene rings is 1. The fourth-order valence-corrected chi connectivity index (χ4v) is 2.16. The monoisotopic (exact) mass is 319 g/mol. The quantitative estimate of drug-likeness (QED) is 0.693. The van der Waals surface area contributed by atoms with Gasteiger partial charge in [-0.2, -0.15) is 4.98 Å². The normalized spacial score (nSPS) is 11.0. The number of hydrogen-bond acceptors (Lipinski definition) is 6. The lowest BCUT2D eigenvalue weighted by Crippen LogP contribution is -2.00. The highest BCUT2D eigenvalue weighted by atomic mass is 35.5. The van der Waals surface area contributed by atoms with Crippen molar-refractivity contribution in [3.05, 3.63) is 46.9 Å². The van der Waals surface area contributed by atoms with Gasteiger partial charge >= 0.3 is 0 Å². The molecule has 0 atom stereocenters. The number of methoxy groups -OCH3 is 1. The molecule has 7 nitrogen and oxygen atoms in total. The number of halogens is 1. The summed E-state index contributed by atoms with van der Waals surface area (Å²) in [6.07, 6.45) is 2.35. The maximum atomic E-state index is 5.97. The van der Waals surface area contributed by atoms with Gasteiger partial charge in [0.2, 0.25) is 0 Å². The fraction of sp³-hybridized carbons (Fsp3) is 0.286. The third-order valence-corrected chi connectivity index (χ3v) is 3.22. The Morgan fingerprint density at radius 1 is 1.36 bits per heavy atom. The molecule has 22 heavy (non-hydrogen) atoms. The second-order valence-corrected chi connectivity index (χ2v) is 5.13. The summed E-state index contributed by atoms with van der Waals surface area (Å²) in [5.41, 5.74) is 1.58. The van der Waals surface area contributed by atoms with Gasteiger partial charge in [-0.25, -0.2) is 4.68 Å². The van der Waals surface area contributed by atoms with Crippen LogP contribution in [-0.4, -0.2) is 38.9 Å². The topological polar surface area (TPSA) is 78.9 Å². The summed E-state index contributed by atoms with van der Waals surface area (Å²) in [5, 5.41) is 12.7.